The van der Waals surface area contributed by atoms with Crippen molar-refractivity contribution in [3.63, 3.8) is 0 Å². The number of nitrogens with one attached hydrogen (secondary N) is 1. The summed E-state index contributed by atoms with van der Waals surface area (Å²) >= 11 is 0. The van der Waals surface area contributed by atoms with E-state index in [0.717, 1.165) is 5.69 Å². The number of aryl methyl sites for hydroxylation is 1. The smallest absolute Gasteiger partial charge is 0.162 e. The van der Waals surface area contributed by atoms with Crippen molar-refractivity contribution in [3.05, 3.63) is 23.8 Å². The van der Waals surface area contributed by atoms with Gasteiger partial charge in [0.1, 0.15) is 0 Å². The molecule has 106 valence electrons. The van der Waals surface area contributed by atoms with Crippen LogP contribution in [0.2, 0.25) is 0 Å². The lowest BCUT2D eigenvalue weighted by molar-refractivity contribution is -0.247. The molecule has 0 atom stereocenters. The highest BCUT2D eigenvalue weighted by molar-refractivity contribution is 5.60. The quantitative estimate of drug-likeness (QED) is 0.910. The first kappa shape index (κ1) is 14.2. The van der Waals surface area contributed by atoms with Crippen LogP contribution >= 0.6 is 0 Å². The SMILES string of the molecule is Cc1cc(N(C)C)ccc1NC1COC(C)(C)OC1. The normalized spacial score (nSPS) is 19.2. The second-order valence-corrected chi connectivity index (χ2v) is 5.76. The zero-order valence-corrected chi connectivity index (χ0v) is 12.5. The van der Waals surface area contributed by atoms with Crippen molar-refractivity contribution >= 4 is 11.4 Å². The number of anilines is 2. The highest BCUT2D eigenvalue weighted by Gasteiger charge is 2.28. The van der Waals surface area contributed by atoms with E-state index < -0.39 is 5.79 Å². The Bertz CT molecular complexity index is 434. The van der Waals surface area contributed by atoms with E-state index in [-0.39, 0.29) is 6.04 Å². The number of benzene rings is 1. The van der Waals surface area contributed by atoms with Crippen LogP contribution < -0.4 is 10.2 Å². The molecule has 0 radical (unpaired) electrons. The first-order valence-corrected chi connectivity index (χ1v) is 6.70. The van der Waals surface area contributed by atoms with Gasteiger partial charge in [-0.15, -0.1) is 0 Å². The Balaban J connectivity index is 2.00. The van der Waals surface area contributed by atoms with Crippen molar-refractivity contribution in [2.45, 2.75) is 32.6 Å². The fraction of sp³-hybridized carbons (Fsp3) is 0.600. The van der Waals surface area contributed by atoms with Crippen LogP contribution in [-0.4, -0.2) is 39.1 Å². The lowest BCUT2D eigenvalue weighted by Crippen LogP contribution is -2.45. The van der Waals surface area contributed by atoms with Gasteiger partial charge in [-0.05, 0) is 44.5 Å². The molecule has 0 amide bonds. The van der Waals surface area contributed by atoms with E-state index in [1.165, 1.54) is 11.3 Å². The van der Waals surface area contributed by atoms with Crippen LogP contribution in [0.1, 0.15) is 19.4 Å². The Morgan fingerprint density at radius 3 is 2.37 bits per heavy atom. The summed E-state index contributed by atoms with van der Waals surface area (Å²) in [6.07, 6.45) is 0. The Morgan fingerprint density at radius 1 is 1.21 bits per heavy atom. The minimum absolute atomic E-state index is 0.205. The first-order chi connectivity index (χ1) is 8.87. The summed E-state index contributed by atoms with van der Waals surface area (Å²) in [5.41, 5.74) is 3.58. The van der Waals surface area contributed by atoms with Crippen LogP contribution in [0.15, 0.2) is 18.2 Å². The van der Waals surface area contributed by atoms with E-state index >= 15 is 0 Å². The molecule has 1 aliphatic heterocycles. The van der Waals surface area contributed by atoms with Gasteiger partial charge in [0.05, 0.1) is 19.3 Å². The topological polar surface area (TPSA) is 33.7 Å². The van der Waals surface area contributed by atoms with Gasteiger partial charge in [-0.2, -0.15) is 0 Å². The molecular formula is C15H24N2O2. The van der Waals surface area contributed by atoms with E-state index in [0.29, 0.717) is 13.2 Å². The van der Waals surface area contributed by atoms with E-state index in [4.69, 9.17) is 9.47 Å². The fourth-order valence-electron chi connectivity index (χ4n) is 2.08. The Kier molecular flexibility index (Phi) is 4.02. The van der Waals surface area contributed by atoms with Crippen molar-refractivity contribution in [1.29, 1.82) is 0 Å². The molecule has 1 aromatic carbocycles. The van der Waals surface area contributed by atoms with Gasteiger partial charge in [-0.1, -0.05) is 0 Å². The van der Waals surface area contributed by atoms with Crippen molar-refractivity contribution in [3.8, 4) is 0 Å². The molecule has 19 heavy (non-hydrogen) atoms. The summed E-state index contributed by atoms with van der Waals surface area (Å²) in [6, 6.07) is 6.61. The second-order valence-electron chi connectivity index (χ2n) is 5.76. The Hall–Kier alpha value is -1.26. The highest BCUT2D eigenvalue weighted by atomic mass is 16.7. The minimum Gasteiger partial charge on any atom is -0.378 e. The van der Waals surface area contributed by atoms with Gasteiger partial charge >= 0.3 is 0 Å². The van der Waals surface area contributed by atoms with E-state index in [1.54, 1.807) is 0 Å². The largest absolute Gasteiger partial charge is 0.378 e. The second kappa shape index (κ2) is 5.39. The summed E-state index contributed by atoms with van der Waals surface area (Å²) in [5, 5.41) is 3.48. The van der Waals surface area contributed by atoms with Crippen LogP contribution in [0.25, 0.3) is 0 Å². The highest BCUT2D eigenvalue weighted by Crippen LogP contribution is 2.24. The van der Waals surface area contributed by atoms with Crippen LogP contribution in [0.3, 0.4) is 0 Å². The van der Waals surface area contributed by atoms with Crippen molar-refractivity contribution in [1.82, 2.24) is 0 Å². The molecular weight excluding hydrogens is 240 g/mol. The average Bonchev–Trinajstić information content (AvgIpc) is 2.34. The maximum absolute atomic E-state index is 5.66. The molecule has 2 rings (SSSR count). The maximum atomic E-state index is 5.66. The van der Waals surface area contributed by atoms with Gasteiger partial charge < -0.3 is 19.7 Å². The zero-order chi connectivity index (χ0) is 14.0. The van der Waals surface area contributed by atoms with Crippen molar-refractivity contribution in [2.24, 2.45) is 0 Å². The van der Waals surface area contributed by atoms with E-state index in [9.17, 15) is 0 Å². The van der Waals surface area contributed by atoms with Crippen molar-refractivity contribution in [2.75, 3.05) is 37.5 Å². The van der Waals surface area contributed by atoms with Gasteiger partial charge in [0.2, 0.25) is 0 Å². The lowest BCUT2D eigenvalue weighted by Gasteiger charge is -2.35. The summed E-state index contributed by atoms with van der Waals surface area (Å²) in [6.45, 7) is 7.34. The van der Waals surface area contributed by atoms with Crippen LogP contribution in [0, 0.1) is 6.92 Å². The maximum Gasteiger partial charge on any atom is 0.162 e. The monoisotopic (exact) mass is 264 g/mol. The molecule has 4 nitrogen and oxygen atoms in total. The molecule has 0 aliphatic carbocycles. The Morgan fingerprint density at radius 2 is 1.84 bits per heavy atom. The molecule has 0 aromatic heterocycles. The lowest BCUT2D eigenvalue weighted by atomic mass is 10.1. The number of ether oxygens (including phenoxy) is 2. The summed E-state index contributed by atoms with van der Waals surface area (Å²) < 4.78 is 11.3. The predicted molar refractivity (Wildman–Crippen MR) is 78.9 cm³/mol. The van der Waals surface area contributed by atoms with Crippen LogP contribution in [0.5, 0.6) is 0 Å². The number of nitrogens with zero attached hydrogens (tertiary/aromatic N) is 1. The molecule has 1 saturated heterocycles. The molecule has 4 heteroatoms. The molecule has 1 aromatic rings. The van der Waals surface area contributed by atoms with E-state index in [1.807, 2.05) is 27.9 Å². The van der Waals surface area contributed by atoms with Crippen LogP contribution in [-0.2, 0) is 9.47 Å². The molecule has 0 unspecified atom stereocenters. The number of rotatable bonds is 3. The van der Waals surface area contributed by atoms with Gasteiger partial charge in [0, 0.05) is 25.5 Å². The molecule has 1 aliphatic rings. The average molecular weight is 264 g/mol. The van der Waals surface area contributed by atoms with Crippen molar-refractivity contribution < 1.29 is 9.47 Å². The predicted octanol–water partition coefficient (Wildman–Crippen LogP) is 2.62. The molecule has 0 saturated carbocycles. The number of hydrogen-bond acceptors (Lipinski definition) is 4. The summed E-state index contributed by atoms with van der Waals surface area (Å²) in [5.74, 6) is -0.456. The summed E-state index contributed by atoms with van der Waals surface area (Å²) in [7, 11) is 4.10. The third-order valence-electron chi connectivity index (χ3n) is 3.35. The zero-order valence-electron chi connectivity index (χ0n) is 12.5. The fourth-order valence-corrected chi connectivity index (χ4v) is 2.08. The Labute approximate surface area is 115 Å². The summed E-state index contributed by atoms with van der Waals surface area (Å²) in [4.78, 5) is 2.10. The standard InChI is InChI=1S/C15H24N2O2/c1-11-8-13(17(4)5)6-7-14(11)16-12-9-18-15(2,3)19-10-12/h6-8,12,16H,9-10H2,1-5H3. The van der Waals surface area contributed by atoms with Crippen LogP contribution in [0.4, 0.5) is 11.4 Å². The minimum atomic E-state index is -0.456. The number of hydrogen-bond donors (Lipinski definition) is 1. The third-order valence-corrected chi connectivity index (χ3v) is 3.35. The van der Waals surface area contributed by atoms with Gasteiger partial charge in [-0.3, -0.25) is 0 Å². The van der Waals surface area contributed by atoms with Gasteiger partial charge in [0.25, 0.3) is 0 Å². The molecule has 0 bridgehead atoms. The first-order valence-electron chi connectivity index (χ1n) is 6.70. The van der Waals surface area contributed by atoms with Gasteiger partial charge in [0.15, 0.2) is 5.79 Å². The third kappa shape index (κ3) is 3.61. The van der Waals surface area contributed by atoms with E-state index in [2.05, 4.69) is 35.3 Å². The molecule has 1 fully saturated rings. The molecule has 1 N–H and O–H groups in total. The molecule has 1 heterocycles. The molecule has 0 spiro atoms. The van der Waals surface area contributed by atoms with Gasteiger partial charge in [-0.25, -0.2) is 0 Å².